The second-order valence-corrected chi connectivity index (χ2v) is 5.78. The molecule has 2 heterocycles. The van der Waals surface area contributed by atoms with Gasteiger partial charge in [0.1, 0.15) is 11.6 Å². The summed E-state index contributed by atoms with van der Waals surface area (Å²) in [6.45, 7) is 3.29. The summed E-state index contributed by atoms with van der Waals surface area (Å²) in [5.74, 6) is 1.43. The summed E-state index contributed by atoms with van der Waals surface area (Å²) in [5, 5.41) is 0. The zero-order valence-electron chi connectivity index (χ0n) is 10.2. The van der Waals surface area contributed by atoms with Gasteiger partial charge in [-0.05, 0) is 36.7 Å². The molecule has 0 aromatic carbocycles. The molecule has 0 spiro atoms. The number of likely N-dealkylation sites (N-methyl/N-ethyl adjacent to an activating group) is 2. The van der Waals surface area contributed by atoms with Gasteiger partial charge in [-0.15, -0.1) is 0 Å². The van der Waals surface area contributed by atoms with Gasteiger partial charge in [0.2, 0.25) is 0 Å². The predicted octanol–water partition coefficient (Wildman–Crippen LogP) is 0.452. The summed E-state index contributed by atoms with van der Waals surface area (Å²) < 4.78 is 0.917. The first kappa shape index (κ1) is 13.0. The van der Waals surface area contributed by atoms with Crippen molar-refractivity contribution < 1.29 is 0 Å². The fraction of sp³-hybridized carbons (Fsp3) is 0.636. The van der Waals surface area contributed by atoms with Crippen LogP contribution in [-0.2, 0) is 6.42 Å². The second-order valence-electron chi connectivity index (χ2n) is 4.62. The molecule has 0 amide bonds. The Morgan fingerprint density at radius 2 is 2.24 bits per heavy atom. The first-order valence-corrected chi connectivity index (χ1v) is 6.80. The number of hydrogen-bond donors (Lipinski definition) is 1. The zero-order valence-corrected chi connectivity index (χ0v) is 12.4. The van der Waals surface area contributed by atoms with Gasteiger partial charge >= 0.3 is 0 Å². The minimum absolute atomic E-state index is 0.480. The third kappa shape index (κ3) is 3.26. The van der Waals surface area contributed by atoms with E-state index in [1.54, 1.807) is 6.20 Å². The van der Waals surface area contributed by atoms with Crippen LogP contribution in [0.4, 0.5) is 5.82 Å². The van der Waals surface area contributed by atoms with Gasteiger partial charge in [-0.25, -0.2) is 9.97 Å². The van der Waals surface area contributed by atoms with Gasteiger partial charge in [0.25, 0.3) is 0 Å². The molecule has 17 heavy (non-hydrogen) atoms. The molecule has 0 bridgehead atoms. The number of rotatable bonds is 2. The van der Waals surface area contributed by atoms with Crippen LogP contribution in [0, 0.1) is 3.57 Å². The van der Waals surface area contributed by atoms with Gasteiger partial charge in [0.05, 0.1) is 3.57 Å². The van der Waals surface area contributed by atoms with E-state index >= 15 is 0 Å². The zero-order chi connectivity index (χ0) is 12.4. The summed E-state index contributed by atoms with van der Waals surface area (Å²) in [4.78, 5) is 13.4. The largest absolute Gasteiger partial charge is 0.383 e. The monoisotopic (exact) mass is 347 g/mol. The molecule has 0 saturated carbocycles. The van der Waals surface area contributed by atoms with Crippen molar-refractivity contribution >= 4 is 28.4 Å². The number of nitrogens with zero attached hydrogens (tertiary/aromatic N) is 4. The Balaban J connectivity index is 2.06. The molecule has 1 aromatic rings. The molecule has 0 aliphatic carbocycles. The molecule has 94 valence electrons. The molecule has 0 radical (unpaired) electrons. The summed E-state index contributed by atoms with van der Waals surface area (Å²) in [5.41, 5.74) is 5.81. The van der Waals surface area contributed by atoms with Gasteiger partial charge < -0.3 is 15.5 Å². The molecule has 1 fully saturated rings. The number of halogens is 1. The molecule has 1 saturated heterocycles. The summed E-state index contributed by atoms with van der Waals surface area (Å²) in [6.07, 6.45) is 2.66. The van der Waals surface area contributed by atoms with Crippen molar-refractivity contribution in [2.75, 3.05) is 39.5 Å². The molecule has 2 rings (SSSR count). The second kappa shape index (κ2) is 5.45. The Hall–Kier alpha value is -0.470. The number of piperazine rings is 1. The molecule has 1 aliphatic heterocycles. The highest BCUT2D eigenvalue weighted by Crippen LogP contribution is 2.14. The van der Waals surface area contributed by atoms with Crippen LogP contribution in [0.2, 0.25) is 0 Å². The molecule has 2 N–H and O–H groups in total. The van der Waals surface area contributed by atoms with E-state index in [4.69, 9.17) is 5.73 Å². The average molecular weight is 347 g/mol. The quantitative estimate of drug-likeness (QED) is 0.788. The van der Waals surface area contributed by atoms with Crippen molar-refractivity contribution in [1.82, 2.24) is 19.8 Å². The lowest BCUT2D eigenvalue weighted by Crippen LogP contribution is -2.50. The van der Waals surface area contributed by atoms with Crippen molar-refractivity contribution in [1.29, 1.82) is 0 Å². The van der Waals surface area contributed by atoms with Crippen LogP contribution in [0.1, 0.15) is 5.82 Å². The van der Waals surface area contributed by atoms with E-state index in [-0.39, 0.29) is 0 Å². The number of nitrogens with two attached hydrogens (primary N) is 1. The van der Waals surface area contributed by atoms with E-state index in [9.17, 15) is 0 Å². The van der Waals surface area contributed by atoms with E-state index in [0.717, 1.165) is 35.4 Å². The van der Waals surface area contributed by atoms with Gasteiger partial charge in [0, 0.05) is 38.3 Å². The summed E-state index contributed by atoms with van der Waals surface area (Å²) >= 11 is 2.15. The standard InChI is InChI=1S/C11H18IN5/c1-16-3-4-17(2)8(7-16)5-10-14-6-9(12)11(13)15-10/h6,8H,3-5,7H2,1-2H3,(H2,13,14,15). The van der Waals surface area contributed by atoms with E-state index in [1.807, 2.05) is 0 Å². The number of anilines is 1. The van der Waals surface area contributed by atoms with Crippen LogP contribution in [0.15, 0.2) is 6.20 Å². The van der Waals surface area contributed by atoms with Gasteiger partial charge in [-0.2, -0.15) is 0 Å². The maximum absolute atomic E-state index is 5.81. The fourth-order valence-corrected chi connectivity index (χ4v) is 2.31. The maximum Gasteiger partial charge on any atom is 0.140 e. The van der Waals surface area contributed by atoms with E-state index < -0.39 is 0 Å². The Bertz CT molecular complexity index is 397. The molecular weight excluding hydrogens is 329 g/mol. The molecule has 6 heteroatoms. The SMILES string of the molecule is CN1CCN(C)C(Cc2ncc(I)c(N)n2)C1. The van der Waals surface area contributed by atoms with Crippen molar-refractivity contribution in [3.63, 3.8) is 0 Å². The van der Waals surface area contributed by atoms with Gasteiger partial charge in [-0.1, -0.05) is 0 Å². The maximum atomic E-state index is 5.81. The number of hydrogen-bond acceptors (Lipinski definition) is 5. The van der Waals surface area contributed by atoms with E-state index in [0.29, 0.717) is 11.9 Å². The molecular formula is C11H18IN5. The Labute approximate surface area is 116 Å². The first-order chi connectivity index (χ1) is 8.06. The molecule has 1 atom stereocenters. The predicted molar refractivity (Wildman–Crippen MR) is 76.8 cm³/mol. The number of nitrogen functional groups attached to an aromatic ring is 1. The Kier molecular flexibility index (Phi) is 4.16. The van der Waals surface area contributed by atoms with Gasteiger partial charge in [0.15, 0.2) is 0 Å². The Morgan fingerprint density at radius 1 is 1.47 bits per heavy atom. The third-order valence-electron chi connectivity index (χ3n) is 3.22. The average Bonchev–Trinajstić information content (AvgIpc) is 2.29. The smallest absolute Gasteiger partial charge is 0.140 e. The highest BCUT2D eigenvalue weighted by atomic mass is 127. The minimum atomic E-state index is 0.480. The van der Waals surface area contributed by atoms with Crippen LogP contribution in [-0.4, -0.2) is 59.5 Å². The van der Waals surface area contributed by atoms with Crippen LogP contribution in [0.3, 0.4) is 0 Å². The molecule has 5 nitrogen and oxygen atoms in total. The van der Waals surface area contributed by atoms with Crippen molar-refractivity contribution in [2.45, 2.75) is 12.5 Å². The van der Waals surface area contributed by atoms with E-state index in [1.165, 1.54) is 0 Å². The normalized spacial score (nSPS) is 22.9. The van der Waals surface area contributed by atoms with Crippen molar-refractivity contribution in [3.8, 4) is 0 Å². The van der Waals surface area contributed by atoms with Crippen LogP contribution in [0.25, 0.3) is 0 Å². The summed E-state index contributed by atoms with van der Waals surface area (Å²) in [6, 6.07) is 0.480. The molecule has 1 aliphatic rings. The van der Waals surface area contributed by atoms with Crippen molar-refractivity contribution in [3.05, 3.63) is 15.6 Å². The van der Waals surface area contributed by atoms with Crippen LogP contribution < -0.4 is 5.73 Å². The topological polar surface area (TPSA) is 58.3 Å². The number of aromatic nitrogens is 2. The minimum Gasteiger partial charge on any atom is -0.383 e. The highest BCUT2D eigenvalue weighted by Gasteiger charge is 2.23. The Morgan fingerprint density at radius 3 is 2.94 bits per heavy atom. The van der Waals surface area contributed by atoms with Crippen LogP contribution >= 0.6 is 22.6 Å². The van der Waals surface area contributed by atoms with Crippen LogP contribution in [0.5, 0.6) is 0 Å². The highest BCUT2D eigenvalue weighted by molar-refractivity contribution is 14.1. The first-order valence-electron chi connectivity index (χ1n) is 5.72. The lowest BCUT2D eigenvalue weighted by molar-refractivity contribution is 0.113. The molecule has 1 aromatic heterocycles. The molecule has 1 unspecified atom stereocenters. The lowest BCUT2D eigenvalue weighted by atomic mass is 10.1. The van der Waals surface area contributed by atoms with Crippen molar-refractivity contribution in [2.24, 2.45) is 0 Å². The third-order valence-corrected chi connectivity index (χ3v) is 4.05. The summed E-state index contributed by atoms with van der Waals surface area (Å²) in [7, 11) is 4.32. The van der Waals surface area contributed by atoms with Gasteiger partial charge in [-0.3, -0.25) is 0 Å². The fourth-order valence-electron chi connectivity index (χ4n) is 2.05. The lowest BCUT2D eigenvalue weighted by Gasteiger charge is -2.37. The van der Waals surface area contributed by atoms with E-state index in [2.05, 4.69) is 56.5 Å².